The van der Waals surface area contributed by atoms with Crippen LogP contribution in [0.25, 0.3) is 0 Å². The van der Waals surface area contributed by atoms with Gasteiger partial charge in [0.2, 0.25) is 0 Å². The van der Waals surface area contributed by atoms with E-state index in [0.29, 0.717) is 3.71 Å². The van der Waals surface area contributed by atoms with E-state index in [1.165, 1.54) is 0 Å². The Hall–Kier alpha value is -0.530. The second kappa shape index (κ2) is 5.77. The lowest BCUT2D eigenvalue weighted by molar-refractivity contribution is 0.102. The first kappa shape index (κ1) is 20.5. The third-order valence-corrected chi connectivity index (χ3v) is 6.71. The zero-order chi connectivity index (χ0) is 18.3. The average Bonchev–Trinajstić information content (AvgIpc) is 2.33. The first-order chi connectivity index (χ1) is 10.1. The minimum Gasteiger partial charge on any atom is -0.293 e. The van der Waals surface area contributed by atoms with Gasteiger partial charge in [-0.15, -0.1) is 0 Å². The Morgan fingerprint density at radius 1 is 1.09 bits per heavy atom. The highest BCUT2D eigenvalue weighted by atomic mass is 79.9. The maximum atomic E-state index is 13.0. The number of hydrogen-bond acceptors (Lipinski definition) is 3. The lowest BCUT2D eigenvalue weighted by atomic mass is 10.1. The molecule has 2 atom stereocenters. The second-order valence-corrected chi connectivity index (χ2v) is 9.97. The molecule has 134 valence electrons. The van der Waals surface area contributed by atoms with E-state index in [-0.39, 0.29) is 12.1 Å². The minimum absolute atomic E-state index is 0.0317. The molecule has 1 aromatic rings. The lowest BCUT2D eigenvalue weighted by Crippen LogP contribution is -2.27. The number of carbonyl (C=O) groups excluding carboxylic acids is 1. The lowest BCUT2D eigenvalue weighted by Gasteiger charge is -2.41. The van der Waals surface area contributed by atoms with Crippen LogP contribution in [0.15, 0.2) is 23.1 Å². The van der Waals surface area contributed by atoms with Gasteiger partial charge in [0.25, 0.3) is 0 Å². The molecule has 0 aliphatic carbocycles. The van der Waals surface area contributed by atoms with Gasteiger partial charge in [0, 0.05) is 18.1 Å². The molecule has 0 saturated heterocycles. The van der Waals surface area contributed by atoms with E-state index in [0.717, 1.165) is 18.6 Å². The van der Waals surface area contributed by atoms with E-state index < -0.39 is 59.5 Å². The largest absolute Gasteiger partial charge is 0.310 e. The number of alkyl halides is 1. The fourth-order valence-electron chi connectivity index (χ4n) is 1.59. The topological polar surface area (TPSA) is 54.5 Å². The smallest absolute Gasteiger partial charge is 0.293 e. The number of Topliss-reactive ketones (excluding diaryl/α,β-unsaturated/α-hetero) is 1. The van der Waals surface area contributed by atoms with Crippen LogP contribution in [0.2, 0.25) is 0 Å². The Morgan fingerprint density at radius 2 is 1.57 bits per heavy atom. The molecule has 0 bridgehead atoms. The summed E-state index contributed by atoms with van der Waals surface area (Å²) in [5.41, 5.74) is -1.31. The summed E-state index contributed by atoms with van der Waals surface area (Å²) in [6.45, 7) is 0. The summed E-state index contributed by atoms with van der Waals surface area (Å²) in [4.78, 5) is 9.29. The predicted molar refractivity (Wildman–Crippen MR) is 86.6 cm³/mol. The normalized spacial score (nSPS) is 17.7. The predicted octanol–water partition coefficient (Wildman–Crippen LogP) is 4.32. The summed E-state index contributed by atoms with van der Waals surface area (Å²) < 4.78 is 88.8. The summed E-state index contributed by atoms with van der Waals surface area (Å²) in [5.74, 6) is -0.890. The van der Waals surface area contributed by atoms with Crippen LogP contribution in [0.1, 0.15) is 10.4 Å². The maximum Gasteiger partial charge on any atom is 0.310 e. The van der Waals surface area contributed by atoms with E-state index in [9.17, 15) is 32.6 Å². The van der Waals surface area contributed by atoms with Crippen LogP contribution < -0.4 is 3.71 Å². The van der Waals surface area contributed by atoms with Crippen LogP contribution in [0.5, 0.6) is 0 Å². The van der Waals surface area contributed by atoms with Crippen molar-refractivity contribution in [3.8, 4) is 0 Å². The van der Waals surface area contributed by atoms with Gasteiger partial charge in [-0.25, -0.2) is 12.1 Å². The van der Waals surface area contributed by atoms with E-state index in [2.05, 4.69) is 15.9 Å². The molecule has 0 aromatic heterocycles. The number of ketones is 1. The van der Waals surface area contributed by atoms with Crippen molar-refractivity contribution < 1.29 is 32.6 Å². The van der Waals surface area contributed by atoms with Crippen LogP contribution >= 0.6 is 26.2 Å². The third kappa shape index (κ3) is 5.22. The quantitative estimate of drug-likeness (QED) is 0.358. The van der Waals surface area contributed by atoms with Gasteiger partial charge in [0.05, 0.1) is 11.0 Å². The van der Waals surface area contributed by atoms with Crippen molar-refractivity contribution in [2.24, 2.45) is 0 Å². The SMILES string of the molecule is CS(=O)N(c1cc(C(=O)CBr)cc(S(F)(F)(F)(F)F)c1)S(C)=O. The molecule has 0 saturated carbocycles. The highest BCUT2D eigenvalue weighted by Gasteiger charge is 2.65. The maximum absolute atomic E-state index is 13.0. The van der Waals surface area contributed by atoms with Crippen LogP contribution in [-0.4, -0.2) is 32.0 Å². The monoisotopic (exact) mass is 463 g/mol. The third-order valence-electron chi connectivity index (χ3n) is 2.46. The molecule has 0 N–H and O–H groups in total. The van der Waals surface area contributed by atoms with Gasteiger partial charge in [-0.05, 0) is 18.2 Å². The molecular formula is C10H11BrF5NO3S3. The molecule has 23 heavy (non-hydrogen) atoms. The van der Waals surface area contributed by atoms with Crippen molar-refractivity contribution in [2.45, 2.75) is 4.90 Å². The number of nitrogens with zero attached hydrogens (tertiary/aromatic N) is 1. The fraction of sp³-hybridized carbons (Fsp3) is 0.300. The van der Waals surface area contributed by atoms with Gasteiger partial charge in [0.15, 0.2) is 5.78 Å². The highest BCUT2D eigenvalue weighted by Crippen LogP contribution is 3.02. The van der Waals surface area contributed by atoms with E-state index >= 15 is 0 Å². The molecule has 0 aliphatic rings. The van der Waals surface area contributed by atoms with Crippen molar-refractivity contribution in [1.29, 1.82) is 0 Å². The summed E-state index contributed by atoms with van der Waals surface area (Å²) in [7, 11) is -14.2. The number of benzene rings is 1. The van der Waals surface area contributed by atoms with E-state index in [1.54, 1.807) is 0 Å². The molecule has 1 aromatic carbocycles. The number of rotatable bonds is 6. The summed E-state index contributed by atoms with van der Waals surface area (Å²) in [5, 5.41) is -0.402. The molecule has 2 unspecified atom stereocenters. The Labute approximate surface area is 142 Å². The molecule has 13 heteroatoms. The Morgan fingerprint density at radius 3 is 1.91 bits per heavy atom. The minimum atomic E-state index is -10.1. The molecule has 0 fully saturated rings. The first-order valence-electron chi connectivity index (χ1n) is 5.52. The van der Waals surface area contributed by atoms with Crippen molar-refractivity contribution in [2.75, 3.05) is 21.6 Å². The van der Waals surface area contributed by atoms with Gasteiger partial charge in [-0.3, -0.25) is 4.79 Å². The molecule has 0 amide bonds. The van der Waals surface area contributed by atoms with Gasteiger partial charge < -0.3 is 0 Å². The van der Waals surface area contributed by atoms with Gasteiger partial charge in [0.1, 0.15) is 26.9 Å². The van der Waals surface area contributed by atoms with Crippen LogP contribution in [-0.2, 0) is 22.0 Å². The number of hydrogen-bond donors (Lipinski definition) is 0. The van der Waals surface area contributed by atoms with Crippen LogP contribution in [0, 0.1) is 0 Å². The van der Waals surface area contributed by atoms with E-state index in [1.807, 2.05) is 0 Å². The molecule has 1 rings (SSSR count). The molecule has 0 heterocycles. The van der Waals surface area contributed by atoms with Crippen molar-refractivity contribution in [3.63, 3.8) is 0 Å². The average molecular weight is 464 g/mol. The van der Waals surface area contributed by atoms with Crippen molar-refractivity contribution in [1.82, 2.24) is 0 Å². The van der Waals surface area contributed by atoms with Crippen molar-refractivity contribution >= 4 is 59.6 Å². The number of carbonyl (C=O) groups is 1. The highest BCUT2D eigenvalue weighted by molar-refractivity contribution is 9.09. The molecule has 4 nitrogen and oxygen atoms in total. The van der Waals surface area contributed by atoms with Gasteiger partial charge in [-0.2, -0.15) is 0 Å². The summed E-state index contributed by atoms with van der Waals surface area (Å²) in [6.07, 6.45) is 2.03. The van der Waals surface area contributed by atoms with Gasteiger partial charge in [-0.1, -0.05) is 35.4 Å². The summed E-state index contributed by atoms with van der Waals surface area (Å²) >= 11 is 2.73. The zero-order valence-corrected chi connectivity index (χ0v) is 15.6. The molecule has 0 spiro atoms. The number of halogens is 6. The second-order valence-electron chi connectivity index (χ2n) is 4.35. The van der Waals surface area contributed by atoms with Gasteiger partial charge >= 0.3 is 10.2 Å². The fourth-order valence-corrected chi connectivity index (χ4v) is 4.60. The Bertz CT molecular complexity index is 696. The van der Waals surface area contributed by atoms with Crippen LogP contribution in [0.4, 0.5) is 25.1 Å². The Kier molecular flexibility index (Phi) is 5.15. The standard InChI is InChI=1S/C10H11BrF5NO3S3/c1-21(19)17(22(2)20)8-3-7(10(18)6-11)4-9(5-8)23(12,13,14,15)16/h3-5H,6H2,1-2H3. The van der Waals surface area contributed by atoms with Crippen molar-refractivity contribution in [3.05, 3.63) is 23.8 Å². The zero-order valence-electron chi connectivity index (χ0n) is 11.6. The Balaban J connectivity index is 3.78. The molecular weight excluding hydrogens is 453 g/mol. The van der Waals surface area contributed by atoms with E-state index in [4.69, 9.17) is 0 Å². The molecule has 0 aliphatic heterocycles. The molecule has 0 radical (unpaired) electrons. The van der Waals surface area contributed by atoms with Crippen LogP contribution in [0.3, 0.4) is 0 Å². The summed E-state index contributed by atoms with van der Waals surface area (Å²) in [6, 6.07) is 0.902. The first-order valence-corrected chi connectivity index (χ1v) is 11.6. The number of anilines is 1.